The molecule has 1 aromatic heterocycles. The molecular weight excluding hydrogens is 344 g/mol. The predicted octanol–water partition coefficient (Wildman–Crippen LogP) is 5.97. The van der Waals surface area contributed by atoms with Crippen LogP contribution in [0, 0.1) is 0 Å². The molecular formula is C21H32N2O2S. The van der Waals surface area contributed by atoms with Gasteiger partial charge in [0.25, 0.3) is 0 Å². The van der Waals surface area contributed by atoms with Crippen molar-refractivity contribution in [2.45, 2.75) is 94.1 Å². The Morgan fingerprint density at radius 3 is 2.50 bits per heavy atom. The summed E-state index contributed by atoms with van der Waals surface area (Å²) in [6.07, 6.45) is 11.6. The SMILES string of the molecule is CC(C)(C)OC(=O)N1CCCC[C@H]1c1ccc(SC2CCCCC2)nc1. The number of aromatic nitrogens is 1. The van der Waals surface area contributed by atoms with Crippen molar-refractivity contribution in [3.8, 4) is 0 Å². The Labute approximate surface area is 162 Å². The minimum atomic E-state index is -0.460. The fourth-order valence-electron chi connectivity index (χ4n) is 3.83. The summed E-state index contributed by atoms with van der Waals surface area (Å²) >= 11 is 1.92. The van der Waals surface area contributed by atoms with E-state index < -0.39 is 5.60 Å². The normalized spacial score (nSPS) is 22.3. The highest BCUT2D eigenvalue weighted by Gasteiger charge is 2.31. The van der Waals surface area contributed by atoms with Crippen LogP contribution in [0.3, 0.4) is 0 Å². The molecule has 1 saturated carbocycles. The quantitative estimate of drug-likeness (QED) is 0.652. The molecule has 4 nitrogen and oxygen atoms in total. The summed E-state index contributed by atoms with van der Waals surface area (Å²) in [6, 6.07) is 4.38. The number of pyridine rings is 1. The zero-order valence-electron chi connectivity index (χ0n) is 16.4. The number of carbonyl (C=O) groups is 1. The lowest BCUT2D eigenvalue weighted by Gasteiger charge is -2.37. The molecule has 1 aromatic rings. The number of hydrogen-bond acceptors (Lipinski definition) is 4. The van der Waals surface area contributed by atoms with Gasteiger partial charge in [0.15, 0.2) is 0 Å². The summed E-state index contributed by atoms with van der Waals surface area (Å²) in [6.45, 7) is 6.52. The lowest BCUT2D eigenvalue weighted by atomic mass is 9.97. The van der Waals surface area contributed by atoms with Gasteiger partial charge in [0.2, 0.25) is 0 Å². The van der Waals surface area contributed by atoms with Crippen LogP contribution in [0.15, 0.2) is 23.4 Å². The van der Waals surface area contributed by atoms with Crippen LogP contribution in [-0.2, 0) is 4.74 Å². The van der Waals surface area contributed by atoms with Crippen molar-refractivity contribution in [3.05, 3.63) is 23.9 Å². The maximum atomic E-state index is 12.6. The molecule has 0 N–H and O–H groups in total. The molecule has 2 fully saturated rings. The Morgan fingerprint density at radius 2 is 1.85 bits per heavy atom. The number of thioether (sulfide) groups is 1. The van der Waals surface area contributed by atoms with Crippen LogP contribution in [-0.4, -0.2) is 33.4 Å². The summed E-state index contributed by atoms with van der Waals surface area (Å²) in [5, 5.41) is 1.83. The molecule has 144 valence electrons. The summed E-state index contributed by atoms with van der Waals surface area (Å²) in [5.74, 6) is 0. The number of hydrogen-bond donors (Lipinski definition) is 0. The van der Waals surface area contributed by atoms with Crippen LogP contribution in [0.4, 0.5) is 4.79 Å². The molecule has 3 rings (SSSR count). The van der Waals surface area contributed by atoms with Gasteiger partial charge >= 0.3 is 6.09 Å². The second kappa shape index (κ2) is 8.64. The number of piperidine rings is 1. The van der Waals surface area contributed by atoms with E-state index in [2.05, 4.69) is 12.1 Å². The van der Waals surface area contributed by atoms with Crippen LogP contribution in [0.1, 0.15) is 83.7 Å². The maximum absolute atomic E-state index is 12.6. The topological polar surface area (TPSA) is 42.4 Å². The van der Waals surface area contributed by atoms with Gasteiger partial charge in [-0.3, -0.25) is 0 Å². The fourth-order valence-corrected chi connectivity index (χ4v) is 5.00. The Balaban J connectivity index is 1.66. The third-order valence-electron chi connectivity index (χ3n) is 5.11. The molecule has 26 heavy (non-hydrogen) atoms. The first-order valence-corrected chi connectivity index (χ1v) is 10.9. The van der Waals surface area contributed by atoms with Crippen molar-refractivity contribution in [3.63, 3.8) is 0 Å². The Kier molecular flexibility index (Phi) is 6.49. The van der Waals surface area contributed by atoms with Gasteiger partial charge < -0.3 is 9.64 Å². The molecule has 2 aliphatic rings. The van der Waals surface area contributed by atoms with E-state index in [9.17, 15) is 4.79 Å². The third-order valence-corrected chi connectivity index (χ3v) is 6.40. The molecule has 1 aliphatic heterocycles. The standard InChI is InChI=1S/C21H32N2O2S/c1-21(2,3)25-20(24)23-14-8-7-11-18(23)16-12-13-19(22-15-16)26-17-9-5-4-6-10-17/h12-13,15,17-18H,4-11,14H2,1-3H3/t18-/m0/s1. The second-order valence-electron chi connectivity index (χ2n) is 8.49. The first-order valence-electron chi connectivity index (χ1n) is 10.0. The average Bonchev–Trinajstić information content (AvgIpc) is 2.62. The summed E-state index contributed by atoms with van der Waals surface area (Å²) in [5.41, 5.74) is 0.668. The lowest BCUT2D eigenvalue weighted by molar-refractivity contribution is 0.00947. The zero-order chi connectivity index (χ0) is 18.6. The van der Waals surface area contributed by atoms with E-state index in [1.54, 1.807) is 0 Å². The molecule has 0 bridgehead atoms. The number of nitrogens with zero attached hydrogens (tertiary/aromatic N) is 2. The van der Waals surface area contributed by atoms with Crippen molar-refractivity contribution >= 4 is 17.9 Å². The summed E-state index contributed by atoms with van der Waals surface area (Å²) < 4.78 is 5.62. The van der Waals surface area contributed by atoms with E-state index in [-0.39, 0.29) is 12.1 Å². The average molecular weight is 377 g/mol. The Bertz CT molecular complexity index is 591. The van der Waals surface area contributed by atoms with Crippen LogP contribution >= 0.6 is 11.8 Å². The Hall–Kier alpha value is -1.23. The molecule has 1 atom stereocenters. The van der Waals surface area contributed by atoms with Crippen molar-refractivity contribution in [1.29, 1.82) is 0 Å². The molecule has 2 heterocycles. The van der Waals surface area contributed by atoms with E-state index >= 15 is 0 Å². The van der Waals surface area contributed by atoms with E-state index in [0.29, 0.717) is 0 Å². The number of amides is 1. The molecule has 0 spiro atoms. The van der Waals surface area contributed by atoms with E-state index in [1.165, 1.54) is 32.1 Å². The number of likely N-dealkylation sites (tertiary alicyclic amines) is 1. The second-order valence-corrected chi connectivity index (χ2v) is 9.81. The first-order chi connectivity index (χ1) is 12.4. The molecule has 0 aromatic carbocycles. The van der Waals surface area contributed by atoms with Crippen molar-refractivity contribution in [1.82, 2.24) is 9.88 Å². The first kappa shape index (κ1) is 19.5. The molecule has 5 heteroatoms. The van der Waals surface area contributed by atoms with Crippen LogP contribution in [0.5, 0.6) is 0 Å². The van der Waals surface area contributed by atoms with Gasteiger partial charge in [-0.25, -0.2) is 9.78 Å². The van der Waals surface area contributed by atoms with Crippen molar-refractivity contribution in [2.24, 2.45) is 0 Å². The van der Waals surface area contributed by atoms with Crippen LogP contribution in [0.25, 0.3) is 0 Å². The third kappa shape index (κ3) is 5.38. The molecule has 1 amide bonds. The highest BCUT2D eigenvalue weighted by atomic mass is 32.2. The summed E-state index contributed by atoms with van der Waals surface area (Å²) in [4.78, 5) is 19.2. The highest BCUT2D eigenvalue weighted by molar-refractivity contribution is 7.99. The van der Waals surface area contributed by atoms with Gasteiger partial charge in [0.05, 0.1) is 11.1 Å². The Morgan fingerprint density at radius 1 is 1.12 bits per heavy atom. The van der Waals surface area contributed by atoms with Gasteiger partial charge in [-0.05, 0) is 64.5 Å². The van der Waals surface area contributed by atoms with Gasteiger partial charge in [-0.15, -0.1) is 11.8 Å². The highest BCUT2D eigenvalue weighted by Crippen LogP contribution is 2.35. The minimum Gasteiger partial charge on any atom is -0.444 e. The van der Waals surface area contributed by atoms with Crippen LogP contribution < -0.4 is 0 Å². The fraction of sp³-hybridized carbons (Fsp3) is 0.714. The van der Waals surface area contributed by atoms with Crippen LogP contribution in [0.2, 0.25) is 0 Å². The minimum absolute atomic E-state index is 0.0832. The van der Waals surface area contributed by atoms with Gasteiger partial charge in [0, 0.05) is 18.0 Å². The van der Waals surface area contributed by atoms with Crippen molar-refractivity contribution < 1.29 is 9.53 Å². The number of rotatable bonds is 3. The van der Waals surface area contributed by atoms with E-state index in [0.717, 1.165) is 41.6 Å². The molecule has 0 radical (unpaired) electrons. The molecule has 1 saturated heterocycles. The number of ether oxygens (including phenoxy) is 1. The lowest BCUT2D eigenvalue weighted by Crippen LogP contribution is -2.41. The largest absolute Gasteiger partial charge is 0.444 e. The number of carbonyl (C=O) groups excluding carboxylic acids is 1. The maximum Gasteiger partial charge on any atom is 0.410 e. The van der Waals surface area contributed by atoms with Gasteiger partial charge in [-0.1, -0.05) is 25.3 Å². The van der Waals surface area contributed by atoms with E-state index in [4.69, 9.17) is 9.72 Å². The zero-order valence-corrected chi connectivity index (χ0v) is 17.2. The summed E-state index contributed by atoms with van der Waals surface area (Å²) in [7, 11) is 0. The molecule has 0 unspecified atom stereocenters. The molecule has 1 aliphatic carbocycles. The smallest absolute Gasteiger partial charge is 0.410 e. The van der Waals surface area contributed by atoms with Crippen molar-refractivity contribution in [2.75, 3.05) is 6.54 Å². The monoisotopic (exact) mass is 376 g/mol. The van der Waals surface area contributed by atoms with Gasteiger partial charge in [-0.2, -0.15) is 0 Å². The predicted molar refractivity (Wildman–Crippen MR) is 106 cm³/mol. The van der Waals surface area contributed by atoms with Gasteiger partial charge in [0.1, 0.15) is 5.60 Å². The van der Waals surface area contributed by atoms with E-state index in [1.807, 2.05) is 43.6 Å².